The van der Waals surface area contributed by atoms with Gasteiger partial charge in [0, 0.05) is 37.6 Å². The van der Waals surface area contributed by atoms with Crippen molar-refractivity contribution in [1.29, 1.82) is 0 Å². The molecule has 1 aromatic carbocycles. The van der Waals surface area contributed by atoms with Crippen LogP contribution in [0.5, 0.6) is 5.75 Å². The van der Waals surface area contributed by atoms with Crippen molar-refractivity contribution in [3.05, 3.63) is 81.8 Å². The maximum atomic E-state index is 13.4. The molecule has 4 heterocycles. The molecule has 2 aliphatic heterocycles. The maximum Gasteiger partial charge on any atom is 0.517 e. The lowest BCUT2D eigenvalue weighted by molar-refractivity contribution is -0.756. The van der Waals surface area contributed by atoms with Crippen molar-refractivity contribution in [2.24, 2.45) is 0 Å². The van der Waals surface area contributed by atoms with Gasteiger partial charge in [0.25, 0.3) is 11.8 Å². The van der Waals surface area contributed by atoms with Gasteiger partial charge in [-0.15, -0.1) is 0 Å². The van der Waals surface area contributed by atoms with Crippen molar-refractivity contribution >= 4 is 35.3 Å². The summed E-state index contributed by atoms with van der Waals surface area (Å²) in [6, 6.07) is 10.8. The third-order valence-corrected chi connectivity index (χ3v) is 9.16. The Morgan fingerprint density at radius 3 is 2.51 bits per heavy atom. The van der Waals surface area contributed by atoms with E-state index in [2.05, 4.69) is 32.4 Å². The van der Waals surface area contributed by atoms with E-state index in [0.29, 0.717) is 64.8 Å². The zero-order valence-electron chi connectivity index (χ0n) is 28.1. The lowest BCUT2D eigenvalue weighted by atomic mass is 10.0. The first-order valence-electron chi connectivity index (χ1n) is 16.0. The standard InChI is InChI=1S/C35H43ClN6O5/c1-8-37-32(43)25-17-24(33(44)40-31-26(36)10-9-13-38-31)22(3)16-29(25)46-30(27-12-11-21(2)18-39-27)20-41-14-15-42(23(4)28(42)19-41)34(45)47-35(5,6)7/h9-13,16-18,23,28,30H,8,14-15,19-20H2,1-7H3,(H-,37,38,40,43,44)/p+1/t23-,28?,30-,42?/m1/s1. The Balaban J connectivity index is 1.42. The van der Waals surface area contributed by atoms with Gasteiger partial charge >= 0.3 is 6.09 Å². The summed E-state index contributed by atoms with van der Waals surface area (Å²) < 4.78 is 12.8. The molecule has 5 rings (SSSR count). The number of piperazine rings is 1. The molecule has 47 heavy (non-hydrogen) atoms. The molecule has 2 aliphatic rings. The minimum absolute atomic E-state index is 0.128. The highest BCUT2D eigenvalue weighted by atomic mass is 35.5. The zero-order valence-corrected chi connectivity index (χ0v) is 28.9. The van der Waals surface area contributed by atoms with Crippen LogP contribution in [0.1, 0.15) is 78.3 Å². The van der Waals surface area contributed by atoms with Gasteiger partial charge in [0.15, 0.2) is 24.0 Å². The van der Waals surface area contributed by atoms with Gasteiger partial charge in [0.2, 0.25) is 0 Å². The molecular weight excluding hydrogens is 620 g/mol. The van der Waals surface area contributed by atoms with E-state index in [0.717, 1.165) is 5.56 Å². The number of rotatable bonds is 9. The second-order valence-corrected chi connectivity index (χ2v) is 13.8. The highest BCUT2D eigenvalue weighted by molar-refractivity contribution is 6.33. The first-order chi connectivity index (χ1) is 22.2. The number of pyridine rings is 2. The first-order valence-corrected chi connectivity index (χ1v) is 16.4. The molecule has 0 saturated carbocycles. The number of quaternary nitrogens is 1. The van der Waals surface area contributed by atoms with E-state index in [9.17, 15) is 14.4 Å². The second-order valence-electron chi connectivity index (χ2n) is 13.4. The van der Waals surface area contributed by atoms with Crippen molar-refractivity contribution < 1.29 is 28.3 Å². The van der Waals surface area contributed by atoms with E-state index in [1.807, 2.05) is 46.8 Å². The topological polar surface area (TPSA) is 123 Å². The van der Waals surface area contributed by atoms with Gasteiger partial charge < -0.3 is 20.1 Å². The lowest BCUT2D eigenvalue weighted by Crippen LogP contribution is -2.52. The van der Waals surface area contributed by atoms with Gasteiger partial charge in [0.1, 0.15) is 17.9 Å². The molecule has 250 valence electrons. The van der Waals surface area contributed by atoms with Gasteiger partial charge in [-0.3, -0.25) is 19.5 Å². The summed E-state index contributed by atoms with van der Waals surface area (Å²) in [5, 5.41) is 5.88. The van der Waals surface area contributed by atoms with Crippen LogP contribution < -0.4 is 15.4 Å². The number of amides is 3. The number of nitrogens with zero attached hydrogens (tertiary/aromatic N) is 4. The number of benzene rings is 1. The molecule has 2 aromatic heterocycles. The Labute approximate surface area is 281 Å². The molecule has 2 unspecified atom stereocenters. The van der Waals surface area contributed by atoms with Gasteiger partial charge in [0.05, 0.1) is 22.8 Å². The van der Waals surface area contributed by atoms with Crippen LogP contribution in [0.2, 0.25) is 5.02 Å². The van der Waals surface area contributed by atoms with Crippen LogP contribution >= 0.6 is 11.6 Å². The number of halogens is 1. The molecule has 12 heteroatoms. The van der Waals surface area contributed by atoms with Crippen molar-refractivity contribution in [1.82, 2.24) is 20.2 Å². The van der Waals surface area contributed by atoms with Crippen LogP contribution in [0.4, 0.5) is 10.6 Å². The number of ether oxygens (including phenoxy) is 2. The van der Waals surface area contributed by atoms with E-state index in [-0.39, 0.29) is 35.5 Å². The number of hydrogen-bond donors (Lipinski definition) is 2. The van der Waals surface area contributed by atoms with E-state index >= 15 is 0 Å². The van der Waals surface area contributed by atoms with E-state index in [4.69, 9.17) is 21.1 Å². The third kappa shape index (κ3) is 7.42. The molecule has 2 fully saturated rings. The van der Waals surface area contributed by atoms with Crippen LogP contribution in [0.15, 0.2) is 48.8 Å². The van der Waals surface area contributed by atoms with E-state index in [1.165, 1.54) is 6.20 Å². The maximum absolute atomic E-state index is 13.4. The van der Waals surface area contributed by atoms with Crippen LogP contribution in [0.25, 0.3) is 0 Å². The molecule has 11 nitrogen and oxygen atoms in total. The largest absolute Gasteiger partial charge is 0.517 e. The van der Waals surface area contributed by atoms with E-state index in [1.54, 1.807) is 37.4 Å². The number of fused-ring (bicyclic) bond motifs is 1. The summed E-state index contributed by atoms with van der Waals surface area (Å²) in [5.41, 5.74) is 2.30. The quantitative estimate of drug-likeness (QED) is 0.221. The molecule has 2 N–H and O–H groups in total. The van der Waals surface area contributed by atoms with Crippen LogP contribution in [-0.4, -0.2) is 87.7 Å². The number of anilines is 1. The van der Waals surface area contributed by atoms with E-state index < -0.39 is 17.6 Å². The predicted octanol–water partition coefficient (Wildman–Crippen LogP) is 5.71. The van der Waals surface area contributed by atoms with Crippen LogP contribution in [0.3, 0.4) is 0 Å². The Bertz CT molecular complexity index is 1660. The fraction of sp³-hybridized carbons (Fsp3) is 0.457. The summed E-state index contributed by atoms with van der Waals surface area (Å²) in [6.45, 7) is 16.3. The summed E-state index contributed by atoms with van der Waals surface area (Å²) >= 11 is 6.22. The number of aryl methyl sites for hydroxylation is 2. The number of nitrogens with one attached hydrogen (secondary N) is 2. The molecular formula is C35H44ClN6O5+. The van der Waals surface area contributed by atoms with Crippen LogP contribution in [0, 0.1) is 13.8 Å². The molecule has 2 saturated heterocycles. The second kappa shape index (κ2) is 13.6. The highest BCUT2D eigenvalue weighted by Crippen LogP contribution is 2.45. The average molecular weight is 664 g/mol. The fourth-order valence-corrected chi connectivity index (χ4v) is 6.40. The molecule has 3 amide bonds. The number of aromatic nitrogens is 2. The summed E-state index contributed by atoms with van der Waals surface area (Å²) in [7, 11) is 0. The highest BCUT2D eigenvalue weighted by Gasteiger charge is 2.72. The fourth-order valence-electron chi connectivity index (χ4n) is 6.23. The SMILES string of the molecule is CCNC(=O)c1cc(C(=O)Nc2ncccc2Cl)c(C)cc1O[C@H](CN1CC[N+]2(C(=O)OC(C)(C)C)C(C1)[C@H]2C)c1ccc(C)cn1. The predicted molar refractivity (Wildman–Crippen MR) is 180 cm³/mol. The minimum Gasteiger partial charge on any atom is -0.482 e. The Kier molecular flexibility index (Phi) is 9.91. The summed E-state index contributed by atoms with van der Waals surface area (Å²) in [6.07, 6.45) is 2.62. The molecule has 4 atom stereocenters. The van der Waals surface area contributed by atoms with Gasteiger partial charge in [-0.05, 0) is 89.9 Å². The lowest BCUT2D eigenvalue weighted by Gasteiger charge is -2.33. The third-order valence-electron chi connectivity index (χ3n) is 8.85. The number of carbonyl (C=O) groups is 3. The minimum atomic E-state index is -0.550. The molecule has 3 aromatic rings. The molecule has 0 aliphatic carbocycles. The monoisotopic (exact) mass is 663 g/mol. The van der Waals surface area contributed by atoms with Crippen molar-refractivity contribution in [2.45, 2.75) is 72.3 Å². The molecule has 0 bridgehead atoms. The number of hydrogen-bond acceptors (Lipinski definition) is 8. The zero-order chi connectivity index (χ0) is 34.1. The Morgan fingerprint density at radius 2 is 1.87 bits per heavy atom. The molecule has 0 spiro atoms. The average Bonchev–Trinajstić information content (AvgIpc) is 3.61. The van der Waals surface area contributed by atoms with Crippen molar-refractivity contribution in [2.75, 3.05) is 38.0 Å². The van der Waals surface area contributed by atoms with Crippen molar-refractivity contribution in [3.63, 3.8) is 0 Å². The molecule has 0 radical (unpaired) electrons. The Hall–Kier alpha value is -4.06. The normalized spacial score (nSPS) is 21.3. The van der Waals surface area contributed by atoms with Crippen LogP contribution in [-0.2, 0) is 4.74 Å². The first kappa shape index (κ1) is 34.3. The Morgan fingerprint density at radius 1 is 1.11 bits per heavy atom. The van der Waals surface area contributed by atoms with Gasteiger partial charge in [-0.1, -0.05) is 17.7 Å². The summed E-state index contributed by atoms with van der Waals surface area (Å²) in [5.74, 6) is -0.253. The summed E-state index contributed by atoms with van der Waals surface area (Å²) in [4.78, 5) is 51.1. The smallest absolute Gasteiger partial charge is 0.482 e. The van der Waals surface area contributed by atoms with Gasteiger partial charge in [-0.25, -0.2) is 9.47 Å². The van der Waals surface area contributed by atoms with Crippen molar-refractivity contribution in [3.8, 4) is 5.75 Å². The van der Waals surface area contributed by atoms with Gasteiger partial charge in [-0.2, -0.15) is 4.79 Å². The number of carbonyl (C=O) groups excluding carboxylic acids is 3.